The van der Waals surface area contributed by atoms with Gasteiger partial charge in [0.25, 0.3) is 0 Å². The number of nitrogens with one attached hydrogen (secondary N) is 1. The van der Waals surface area contributed by atoms with E-state index in [0.717, 1.165) is 17.4 Å². The summed E-state index contributed by atoms with van der Waals surface area (Å²) in [5.74, 6) is -1.98. The fourth-order valence-corrected chi connectivity index (χ4v) is 2.37. The lowest BCUT2D eigenvalue weighted by atomic mass is 10.2. The van der Waals surface area contributed by atoms with Gasteiger partial charge in [0.2, 0.25) is 12.1 Å². The van der Waals surface area contributed by atoms with E-state index in [1.165, 1.54) is 6.08 Å². The minimum absolute atomic E-state index is 0.0263. The molecular weight excluding hydrogens is 374 g/mol. The molecular formula is C14H16ClN3O6S. The number of hydrogen-bond donors (Lipinski definition) is 2. The Morgan fingerprint density at radius 1 is 1.44 bits per heavy atom. The largest absolute Gasteiger partial charge is 0.476 e. The van der Waals surface area contributed by atoms with Crippen LogP contribution in [-0.4, -0.2) is 46.4 Å². The van der Waals surface area contributed by atoms with Gasteiger partial charge in [-0.3, -0.25) is 4.79 Å². The van der Waals surface area contributed by atoms with Crippen molar-refractivity contribution in [2.75, 3.05) is 11.9 Å². The summed E-state index contributed by atoms with van der Waals surface area (Å²) < 4.78 is 5.07. The standard InChI is InChI=1S/C14H16ClN3O6S/c1-14(2,3)24-8(20)5-4-6-23-18-10(12(21)22)9-11(15)25-13(17-9)16-7-19/h4-5,7H,6H2,1-3H3,(H,21,22)(H,16,17,19). The van der Waals surface area contributed by atoms with Gasteiger partial charge in [0.15, 0.2) is 5.13 Å². The molecule has 9 nitrogen and oxygen atoms in total. The van der Waals surface area contributed by atoms with Gasteiger partial charge >= 0.3 is 11.9 Å². The summed E-state index contributed by atoms with van der Waals surface area (Å²) in [5.41, 5.74) is -1.29. The Morgan fingerprint density at radius 2 is 2.12 bits per heavy atom. The van der Waals surface area contributed by atoms with Crippen molar-refractivity contribution in [1.29, 1.82) is 0 Å². The quantitative estimate of drug-likeness (QED) is 0.174. The zero-order chi connectivity index (χ0) is 19.0. The van der Waals surface area contributed by atoms with Crippen LogP contribution in [0.5, 0.6) is 0 Å². The fraction of sp³-hybridized carbons (Fsp3) is 0.357. The number of halogens is 1. The Bertz CT molecular complexity index is 708. The predicted molar refractivity (Wildman–Crippen MR) is 91.9 cm³/mol. The third-order valence-electron chi connectivity index (χ3n) is 2.18. The Morgan fingerprint density at radius 3 is 2.68 bits per heavy atom. The highest BCUT2D eigenvalue weighted by Crippen LogP contribution is 2.28. The van der Waals surface area contributed by atoms with Crippen LogP contribution in [0.4, 0.5) is 5.13 Å². The van der Waals surface area contributed by atoms with E-state index in [-0.39, 0.29) is 21.8 Å². The molecule has 0 bridgehead atoms. The van der Waals surface area contributed by atoms with E-state index in [1.807, 2.05) is 0 Å². The smallest absolute Gasteiger partial charge is 0.360 e. The Labute approximate surface area is 152 Å². The fourth-order valence-electron chi connectivity index (χ4n) is 1.37. The second-order valence-electron chi connectivity index (χ2n) is 5.38. The van der Waals surface area contributed by atoms with Crippen molar-refractivity contribution >= 4 is 52.1 Å². The average Bonchev–Trinajstić information content (AvgIpc) is 2.81. The zero-order valence-corrected chi connectivity index (χ0v) is 15.2. The molecule has 11 heteroatoms. The molecule has 25 heavy (non-hydrogen) atoms. The first-order chi connectivity index (χ1) is 11.6. The molecule has 0 saturated carbocycles. The molecule has 0 aromatic carbocycles. The number of oxime groups is 1. The third kappa shape index (κ3) is 7.31. The maximum absolute atomic E-state index is 11.4. The Hall–Kier alpha value is -2.46. The van der Waals surface area contributed by atoms with Crippen LogP contribution in [0.25, 0.3) is 0 Å². The summed E-state index contributed by atoms with van der Waals surface area (Å²) >= 11 is 6.76. The molecule has 0 unspecified atom stereocenters. The second-order valence-corrected chi connectivity index (χ2v) is 6.98. The molecule has 0 aliphatic rings. The van der Waals surface area contributed by atoms with Gasteiger partial charge < -0.3 is 20.0 Å². The minimum atomic E-state index is -1.42. The van der Waals surface area contributed by atoms with Crippen LogP contribution in [0, 0.1) is 0 Å². The molecule has 0 fully saturated rings. The number of aliphatic carboxylic acids is 1. The number of nitrogens with zero attached hydrogens (tertiary/aromatic N) is 2. The summed E-state index contributed by atoms with van der Waals surface area (Å²) in [4.78, 5) is 41.8. The number of carbonyl (C=O) groups excluding carboxylic acids is 2. The van der Waals surface area contributed by atoms with Crippen LogP contribution in [0.15, 0.2) is 17.3 Å². The number of anilines is 1. The van der Waals surface area contributed by atoms with Gasteiger partial charge in [-0.05, 0) is 26.8 Å². The van der Waals surface area contributed by atoms with E-state index in [4.69, 9.17) is 21.2 Å². The second kappa shape index (κ2) is 9.14. The molecule has 0 spiro atoms. The number of amides is 1. The molecule has 1 rings (SSSR count). The highest BCUT2D eigenvalue weighted by Gasteiger charge is 2.22. The number of thiazole rings is 1. The number of esters is 1. The number of carboxylic acids is 1. The predicted octanol–water partition coefficient (Wildman–Crippen LogP) is 2.07. The molecule has 0 saturated heterocycles. The number of carboxylic acid groups (broad SMARTS) is 1. The molecule has 1 aromatic rings. The Balaban J connectivity index is 2.73. The van der Waals surface area contributed by atoms with Crippen LogP contribution in [0.2, 0.25) is 4.34 Å². The number of aromatic nitrogens is 1. The average molecular weight is 390 g/mol. The highest BCUT2D eigenvalue weighted by molar-refractivity contribution is 7.20. The summed E-state index contributed by atoms with van der Waals surface area (Å²) in [6.45, 7) is 5.01. The summed E-state index contributed by atoms with van der Waals surface area (Å²) in [6.07, 6.45) is 2.84. The van der Waals surface area contributed by atoms with Gasteiger partial charge in [-0.2, -0.15) is 0 Å². The number of carbonyl (C=O) groups is 3. The molecule has 1 aromatic heterocycles. The van der Waals surface area contributed by atoms with Gasteiger partial charge in [0.05, 0.1) is 0 Å². The molecule has 2 N–H and O–H groups in total. The summed E-state index contributed by atoms with van der Waals surface area (Å²) in [6, 6.07) is 0. The van der Waals surface area contributed by atoms with E-state index >= 15 is 0 Å². The molecule has 0 radical (unpaired) electrons. The van der Waals surface area contributed by atoms with Crippen LogP contribution < -0.4 is 5.32 Å². The van der Waals surface area contributed by atoms with Crippen molar-refractivity contribution in [3.8, 4) is 0 Å². The summed E-state index contributed by atoms with van der Waals surface area (Å²) in [7, 11) is 0. The lowest BCUT2D eigenvalue weighted by molar-refractivity contribution is -0.148. The van der Waals surface area contributed by atoms with Crippen molar-refractivity contribution in [1.82, 2.24) is 4.98 Å². The van der Waals surface area contributed by atoms with Gasteiger partial charge in [-0.25, -0.2) is 14.6 Å². The molecule has 1 amide bonds. The molecule has 136 valence electrons. The minimum Gasteiger partial charge on any atom is -0.476 e. The normalized spacial score (nSPS) is 12.1. The topological polar surface area (TPSA) is 127 Å². The van der Waals surface area contributed by atoms with Crippen LogP contribution in [-0.2, 0) is 24.0 Å². The SMILES string of the molecule is CC(C)(C)OC(=O)C=CCON=C(C(=O)O)c1nc(NC=O)sc1Cl. The lowest BCUT2D eigenvalue weighted by Gasteiger charge is -2.17. The maximum atomic E-state index is 11.4. The number of hydrogen-bond acceptors (Lipinski definition) is 8. The molecule has 0 aliphatic carbocycles. The van der Waals surface area contributed by atoms with E-state index in [1.54, 1.807) is 20.8 Å². The zero-order valence-electron chi connectivity index (χ0n) is 13.6. The van der Waals surface area contributed by atoms with Gasteiger partial charge in [0.1, 0.15) is 22.2 Å². The molecule has 0 aliphatic heterocycles. The van der Waals surface area contributed by atoms with Crippen LogP contribution >= 0.6 is 22.9 Å². The first-order valence-electron chi connectivity index (χ1n) is 6.83. The van der Waals surface area contributed by atoms with Crippen molar-refractivity contribution < 1.29 is 29.1 Å². The van der Waals surface area contributed by atoms with Crippen LogP contribution in [0.3, 0.4) is 0 Å². The molecule has 0 atom stereocenters. The van der Waals surface area contributed by atoms with E-state index in [0.29, 0.717) is 6.41 Å². The monoisotopic (exact) mass is 389 g/mol. The van der Waals surface area contributed by atoms with Crippen molar-refractivity contribution in [3.05, 3.63) is 22.2 Å². The third-order valence-corrected chi connectivity index (χ3v) is 3.37. The first-order valence-corrected chi connectivity index (χ1v) is 8.03. The van der Waals surface area contributed by atoms with Crippen molar-refractivity contribution in [2.45, 2.75) is 26.4 Å². The van der Waals surface area contributed by atoms with Gasteiger partial charge in [0, 0.05) is 6.08 Å². The Kier molecular flexibility index (Phi) is 7.52. The van der Waals surface area contributed by atoms with Gasteiger partial charge in [-0.1, -0.05) is 28.1 Å². The van der Waals surface area contributed by atoms with Crippen molar-refractivity contribution in [3.63, 3.8) is 0 Å². The number of ether oxygens (including phenoxy) is 1. The van der Waals surface area contributed by atoms with E-state index in [2.05, 4.69) is 15.5 Å². The van der Waals surface area contributed by atoms with Crippen LogP contribution in [0.1, 0.15) is 26.5 Å². The number of rotatable bonds is 8. The summed E-state index contributed by atoms with van der Waals surface area (Å²) in [5, 5.41) is 15.0. The van der Waals surface area contributed by atoms with E-state index in [9.17, 15) is 19.5 Å². The lowest BCUT2D eigenvalue weighted by Crippen LogP contribution is -2.22. The highest BCUT2D eigenvalue weighted by atomic mass is 35.5. The van der Waals surface area contributed by atoms with Crippen molar-refractivity contribution in [2.24, 2.45) is 5.16 Å². The maximum Gasteiger partial charge on any atom is 0.360 e. The first kappa shape index (κ1) is 20.6. The van der Waals surface area contributed by atoms with Gasteiger partial charge in [-0.15, -0.1) is 0 Å². The van der Waals surface area contributed by atoms with E-state index < -0.39 is 23.3 Å². The molecule has 1 heterocycles.